The quantitative estimate of drug-likeness (QED) is 0.345. The topological polar surface area (TPSA) is 114 Å². The molecule has 3 aromatic carbocycles. The van der Waals surface area contributed by atoms with Gasteiger partial charge in [-0.1, -0.05) is 78.9 Å². The first-order valence-electron chi connectivity index (χ1n) is 11.9. The number of ether oxygens (including phenoxy) is 2. The Balaban J connectivity index is 1.19. The summed E-state index contributed by atoms with van der Waals surface area (Å²) < 4.78 is 10.8. The minimum atomic E-state index is -1.14. The van der Waals surface area contributed by atoms with Crippen LogP contribution in [0.25, 0.3) is 11.1 Å². The number of alkyl carbamates (subject to hydrolysis) is 2. The highest BCUT2D eigenvalue weighted by atomic mass is 16.6. The van der Waals surface area contributed by atoms with E-state index in [1.54, 1.807) is 0 Å². The molecule has 0 spiro atoms. The third kappa shape index (κ3) is 6.21. The number of rotatable bonds is 10. The number of amides is 2. The predicted octanol–water partition coefficient (Wildman–Crippen LogP) is 5.03. The van der Waals surface area contributed by atoms with Crippen molar-refractivity contribution >= 4 is 18.2 Å². The van der Waals surface area contributed by atoms with E-state index in [1.807, 2.05) is 78.9 Å². The molecule has 2 amide bonds. The normalized spacial score (nSPS) is 12.7. The van der Waals surface area contributed by atoms with Crippen molar-refractivity contribution in [3.05, 3.63) is 95.6 Å². The number of hydrogen-bond donors (Lipinski definition) is 3. The molecule has 1 atom stereocenters. The summed E-state index contributed by atoms with van der Waals surface area (Å²) in [7, 11) is 0. The van der Waals surface area contributed by atoms with E-state index >= 15 is 0 Å². The number of carboxylic acids is 1. The molecule has 3 aromatic rings. The third-order valence-corrected chi connectivity index (χ3v) is 5.99. The molecular formula is C28H28N2O6. The molecule has 0 saturated heterocycles. The van der Waals surface area contributed by atoms with Gasteiger partial charge in [0.05, 0.1) is 0 Å². The molecular weight excluding hydrogens is 460 g/mol. The molecule has 0 fully saturated rings. The number of benzene rings is 3. The van der Waals surface area contributed by atoms with Crippen LogP contribution in [0.15, 0.2) is 78.9 Å². The van der Waals surface area contributed by atoms with Crippen molar-refractivity contribution in [3.63, 3.8) is 0 Å². The highest BCUT2D eigenvalue weighted by molar-refractivity contribution is 5.80. The largest absolute Gasteiger partial charge is 0.480 e. The van der Waals surface area contributed by atoms with E-state index in [1.165, 1.54) is 0 Å². The zero-order valence-electron chi connectivity index (χ0n) is 19.7. The van der Waals surface area contributed by atoms with Crippen LogP contribution in [0.1, 0.15) is 42.1 Å². The first-order valence-corrected chi connectivity index (χ1v) is 11.9. The van der Waals surface area contributed by atoms with E-state index in [-0.39, 0.29) is 13.0 Å². The average molecular weight is 489 g/mol. The van der Waals surface area contributed by atoms with Crippen molar-refractivity contribution < 1.29 is 29.0 Å². The second-order valence-corrected chi connectivity index (χ2v) is 8.48. The molecule has 0 heterocycles. The van der Waals surface area contributed by atoms with E-state index < -0.39 is 30.3 Å². The summed E-state index contributed by atoms with van der Waals surface area (Å²) in [6.07, 6.45) is -0.590. The number of fused-ring (bicyclic) bond motifs is 3. The molecule has 0 aromatic heterocycles. The Bertz CT molecular complexity index is 1170. The summed E-state index contributed by atoms with van der Waals surface area (Å²) in [5.41, 5.74) is 4.81. The lowest BCUT2D eigenvalue weighted by Crippen LogP contribution is -2.41. The Kier molecular flexibility index (Phi) is 8.18. The predicted molar refractivity (Wildman–Crippen MR) is 133 cm³/mol. The molecule has 0 saturated carbocycles. The lowest BCUT2D eigenvalue weighted by molar-refractivity contribution is -0.139. The van der Waals surface area contributed by atoms with E-state index in [4.69, 9.17) is 9.47 Å². The summed E-state index contributed by atoms with van der Waals surface area (Å²) in [6, 6.07) is 23.7. The summed E-state index contributed by atoms with van der Waals surface area (Å²) in [4.78, 5) is 36.0. The molecule has 0 radical (unpaired) electrons. The lowest BCUT2D eigenvalue weighted by atomic mass is 10.1. The lowest BCUT2D eigenvalue weighted by Gasteiger charge is -2.16. The van der Waals surface area contributed by atoms with Crippen molar-refractivity contribution in [2.75, 3.05) is 6.54 Å². The SMILES string of the molecule is O=C(N[C@@H](CCCCNC(=O)OC1c2ccccc2-c2ccccc21)C(=O)O)OCc1ccccc1. The smallest absolute Gasteiger partial charge is 0.408 e. The Morgan fingerprint density at radius 1 is 0.806 bits per heavy atom. The van der Waals surface area contributed by atoms with Gasteiger partial charge in [0.1, 0.15) is 12.6 Å². The minimum absolute atomic E-state index is 0.0565. The fourth-order valence-corrected chi connectivity index (χ4v) is 4.21. The van der Waals surface area contributed by atoms with Crippen LogP contribution in [0.3, 0.4) is 0 Å². The maximum atomic E-state index is 12.5. The van der Waals surface area contributed by atoms with Crippen LogP contribution in [-0.4, -0.2) is 35.8 Å². The molecule has 8 nitrogen and oxygen atoms in total. The molecule has 0 aliphatic heterocycles. The van der Waals surface area contributed by atoms with Gasteiger partial charge in [-0.15, -0.1) is 0 Å². The number of carboxylic acid groups (broad SMARTS) is 1. The zero-order chi connectivity index (χ0) is 25.3. The Morgan fingerprint density at radius 3 is 2.06 bits per heavy atom. The minimum Gasteiger partial charge on any atom is -0.480 e. The maximum Gasteiger partial charge on any atom is 0.408 e. The van der Waals surface area contributed by atoms with Gasteiger partial charge in [-0.25, -0.2) is 14.4 Å². The number of carbonyl (C=O) groups excluding carboxylic acids is 2. The summed E-state index contributed by atoms with van der Waals surface area (Å²) >= 11 is 0. The fourth-order valence-electron chi connectivity index (χ4n) is 4.21. The molecule has 186 valence electrons. The van der Waals surface area contributed by atoms with Crippen molar-refractivity contribution in [2.45, 2.75) is 38.0 Å². The maximum absolute atomic E-state index is 12.5. The Morgan fingerprint density at radius 2 is 1.42 bits per heavy atom. The van der Waals surface area contributed by atoms with E-state index in [0.717, 1.165) is 27.8 Å². The molecule has 4 rings (SSSR count). The van der Waals surface area contributed by atoms with Gasteiger partial charge in [0.15, 0.2) is 6.10 Å². The summed E-state index contributed by atoms with van der Waals surface area (Å²) in [5.74, 6) is -1.14. The second-order valence-electron chi connectivity index (χ2n) is 8.48. The van der Waals surface area contributed by atoms with Crippen molar-refractivity contribution in [1.29, 1.82) is 0 Å². The second kappa shape index (κ2) is 11.9. The van der Waals surface area contributed by atoms with Crippen LogP contribution in [-0.2, 0) is 20.9 Å². The number of aliphatic carboxylic acids is 1. The Hall–Kier alpha value is -4.33. The van der Waals surface area contributed by atoms with E-state index in [9.17, 15) is 19.5 Å². The molecule has 3 N–H and O–H groups in total. The highest BCUT2D eigenvalue weighted by Crippen LogP contribution is 2.44. The highest BCUT2D eigenvalue weighted by Gasteiger charge is 2.31. The van der Waals surface area contributed by atoms with Crippen LogP contribution in [0, 0.1) is 0 Å². The average Bonchev–Trinajstić information content (AvgIpc) is 3.20. The van der Waals surface area contributed by atoms with Crippen LogP contribution in [0.2, 0.25) is 0 Å². The standard InChI is InChI=1S/C28H28N2O6/c31-26(32)24(30-28(34)35-18-19-10-2-1-3-11-19)16-8-9-17-29-27(33)36-25-22-14-6-4-12-20(22)21-13-5-7-15-23(21)25/h1-7,10-15,24-25H,8-9,16-18H2,(H,29,33)(H,30,34)(H,31,32)/t24-/m0/s1. The number of nitrogens with one attached hydrogen (secondary N) is 2. The van der Waals surface area contributed by atoms with Crippen LogP contribution < -0.4 is 10.6 Å². The third-order valence-electron chi connectivity index (χ3n) is 5.99. The van der Waals surface area contributed by atoms with Gasteiger partial charge in [0.2, 0.25) is 0 Å². The van der Waals surface area contributed by atoms with Gasteiger partial charge in [-0.05, 0) is 36.0 Å². The molecule has 36 heavy (non-hydrogen) atoms. The van der Waals surface area contributed by atoms with Crippen molar-refractivity contribution in [3.8, 4) is 11.1 Å². The first-order chi connectivity index (χ1) is 17.5. The van der Waals surface area contributed by atoms with E-state index in [2.05, 4.69) is 10.6 Å². The molecule has 0 bridgehead atoms. The fraction of sp³-hybridized carbons (Fsp3) is 0.250. The zero-order valence-corrected chi connectivity index (χ0v) is 19.7. The number of unbranched alkanes of at least 4 members (excludes halogenated alkanes) is 1. The van der Waals surface area contributed by atoms with Gasteiger partial charge in [-0.3, -0.25) is 0 Å². The number of carbonyl (C=O) groups is 3. The van der Waals surface area contributed by atoms with Crippen LogP contribution in [0.4, 0.5) is 9.59 Å². The summed E-state index contributed by atoms with van der Waals surface area (Å²) in [6.45, 7) is 0.376. The Labute approximate surface area is 209 Å². The first kappa shape index (κ1) is 24.8. The summed E-state index contributed by atoms with van der Waals surface area (Å²) in [5, 5.41) is 14.5. The van der Waals surface area contributed by atoms with Gasteiger partial charge in [0, 0.05) is 17.7 Å². The number of hydrogen-bond acceptors (Lipinski definition) is 5. The molecule has 1 aliphatic rings. The molecule has 8 heteroatoms. The van der Waals surface area contributed by atoms with Gasteiger partial charge in [-0.2, -0.15) is 0 Å². The monoisotopic (exact) mass is 488 g/mol. The van der Waals surface area contributed by atoms with E-state index in [0.29, 0.717) is 19.4 Å². The van der Waals surface area contributed by atoms with Gasteiger partial charge < -0.3 is 25.2 Å². The van der Waals surface area contributed by atoms with Gasteiger partial charge >= 0.3 is 18.2 Å². The van der Waals surface area contributed by atoms with Crippen LogP contribution >= 0.6 is 0 Å². The van der Waals surface area contributed by atoms with Gasteiger partial charge in [0.25, 0.3) is 0 Å². The van der Waals surface area contributed by atoms with Crippen molar-refractivity contribution in [1.82, 2.24) is 10.6 Å². The van der Waals surface area contributed by atoms with Crippen molar-refractivity contribution in [2.24, 2.45) is 0 Å². The molecule has 0 unspecified atom stereocenters. The van der Waals surface area contributed by atoms with Crippen LogP contribution in [0.5, 0.6) is 0 Å². The molecule has 1 aliphatic carbocycles.